The van der Waals surface area contributed by atoms with E-state index < -0.39 is 11.6 Å². The van der Waals surface area contributed by atoms with Crippen LogP contribution in [0.15, 0.2) is 71.3 Å². The number of hydrogen-bond acceptors (Lipinski definition) is 0. The van der Waals surface area contributed by atoms with Crippen LogP contribution in [0.3, 0.4) is 0 Å². The molecule has 0 aliphatic heterocycles. The number of rotatable bonds is 1. The first kappa shape index (κ1) is 35.7. The van der Waals surface area contributed by atoms with Crippen LogP contribution in [0.1, 0.15) is 27.7 Å². The molecule has 0 nitrogen and oxygen atoms in total. The Hall–Kier alpha value is -0.930. The van der Waals surface area contributed by atoms with E-state index in [1.165, 1.54) is 46.1 Å². The van der Waals surface area contributed by atoms with Crippen molar-refractivity contribution < 1.29 is 32.1 Å². The van der Waals surface area contributed by atoms with Crippen LogP contribution in [0.5, 0.6) is 0 Å². The molecule has 3 aromatic rings. The molecule has 0 fully saturated rings. The molecule has 1 aliphatic rings. The van der Waals surface area contributed by atoms with Crippen molar-refractivity contribution in [3.8, 4) is 11.1 Å². The van der Waals surface area contributed by atoms with Crippen LogP contribution in [-0.4, -0.2) is 6.88 Å². The van der Waals surface area contributed by atoms with Crippen molar-refractivity contribution in [1.82, 2.24) is 0 Å². The summed E-state index contributed by atoms with van der Waals surface area (Å²) >= 11 is 1.36. The monoisotopic (exact) mass is 568 g/mol. The first-order chi connectivity index (χ1) is 13.4. The molecule has 0 heterocycles. The Morgan fingerprint density at radius 1 is 0.906 bits per heavy atom. The van der Waals surface area contributed by atoms with Gasteiger partial charge < -0.3 is 14.9 Å². The first-order valence-electron chi connectivity index (χ1n) is 9.01. The summed E-state index contributed by atoms with van der Waals surface area (Å²) in [6, 6.07) is 15.7. The molecule has 1 aliphatic carbocycles. The summed E-state index contributed by atoms with van der Waals surface area (Å²) < 4.78 is 26.9. The molecule has 0 bridgehead atoms. The molecule has 4 rings (SSSR count). The summed E-state index contributed by atoms with van der Waals surface area (Å²) in [5.41, 5.74) is 5.29. The minimum absolute atomic E-state index is 0. The van der Waals surface area contributed by atoms with Crippen LogP contribution in [-0.2, 0) is 23.3 Å². The summed E-state index contributed by atoms with van der Waals surface area (Å²) in [4.78, 5) is 0. The molecule has 0 amide bonds. The molecular formula is C26H30Cl2F2SiZr-4. The van der Waals surface area contributed by atoms with Crippen LogP contribution in [0.2, 0.25) is 0 Å². The van der Waals surface area contributed by atoms with Gasteiger partial charge in [-0.25, -0.2) is 14.4 Å². The van der Waals surface area contributed by atoms with E-state index in [1.54, 1.807) is 6.07 Å². The zero-order valence-electron chi connectivity index (χ0n) is 19.3. The number of hydrogen-bond donors (Lipinski definition) is 0. The summed E-state index contributed by atoms with van der Waals surface area (Å²) in [7, 11) is 0. The van der Waals surface area contributed by atoms with Crippen LogP contribution in [0.25, 0.3) is 21.9 Å². The second-order valence-electron chi connectivity index (χ2n) is 6.73. The van der Waals surface area contributed by atoms with E-state index in [-0.39, 0.29) is 39.7 Å². The number of allylic oxidation sites excluding steroid dienone is 4. The summed E-state index contributed by atoms with van der Waals surface area (Å²) in [5.74, 6) is -1.04. The topological polar surface area (TPSA) is 0 Å². The van der Waals surface area contributed by atoms with Gasteiger partial charge in [0.2, 0.25) is 0 Å². The summed E-state index contributed by atoms with van der Waals surface area (Å²) in [6.07, 6.45) is 3.36. The summed E-state index contributed by atoms with van der Waals surface area (Å²) in [6.45, 7) is 11.7. The molecule has 0 saturated heterocycles. The standard InChI is InChI=1S/C15H9F2.C9H13.2CH3.2ClH.Si.Zr/c16-14-7-3-6-13(15(14)17)12-9-8-10-4-1-2-5-11(10)12;1-6-5-7(2)9(4)8(6)3;;;;;;/h1-9H;6H,1-4H3;2*1H3;2*1H;;/q4*-1;;;;. The Morgan fingerprint density at radius 3 is 2.00 bits per heavy atom. The van der Waals surface area contributed by atoms with Gasteiger partial charge in [0.25, 0.3) is 0 Å². The van der Waals surface area contributed by atoms with Crippen molar-refractivity contribution in [3.63, 3.8) is 0 Å². The van der Waals surface area contributed by atoms with Gasteiger partial charge in [0, 0.05) is 0 Å². The molecule has 0 saturated carbocycles. The van der Waals surface area contributed by atoms with Crippen LogP contribution < -0.4 is 0 Å². The van der Waals surface area contributed by atoms with Gasteiger partial charge in [-0.2, -0.15) is 11.1 Å². The third kappa shape index (κ3) is 8.13. The van der Waals surface area contributed by atoms with Crippen molar-refractivity contribution in [3.05, 3.63) is 104 Å². The Balaban J connectivity index is -0.000000490. The summed E-state index contributed by atoms with van der Waals surface area (Å²) in [5, 5.41) is 1.98. The van der Waals surface area contributed by atoms with Gasteiger partial charge in [-0.3, -0.25) is 6.08 Å². The average molecular weight is 571 g/mol. The van der Waals surface area contributed by atoms with Crippen molar-refractivity contribution in [2.45, 2.75) is 27.7 Å². The Labute approximate surface area is 222 Å². The van der Waals surface area contributed by atoms with Gasteiger partial charge in [-0.05, 0) is 11.6 Å². The maximum absolute atomic E-state index is 13.7. The van der Waals surface area contributed by atoms with E-state index in [0.29, 0.717) is 11.5 Å². The fourth-order valence-electron chi connectivity index (χ4n) is 3.26. The molecule has 32 heavy (non-hydrogen) atoms. The van der Waals surface area contributed by atoms with E-state index in [2.05, 4.69) is 40.7 Å². The molecule has 0 spiro atoms. The fraction of sp³-hybridized carbons (Fsp3) is 0.192. The number of halogens is 4. The first-order valence-corrected chi connectivity index (χ1v) is 13.2. The van der Waals surface area contributed by atoms with Crippen LogP contribution in [0, 0.1) is 38.5 Å². The third-order valence-electron chi connectivity index (χ3n) is 5.16. The van der Waals surface area contributed by atoms with Crippen molar-refractivity contribution >= 4 is 42.5 Å². The zero-order chi connectivity index (χ0) is 20.8. The molecule has 1 unspecified atom stereocenters. The van der Waals surface area contributed by atoms with E-state index in [0.717, 1.165) is 22.4 Å². The third-order valence-corrected chi connectivity index (χ3v) is 5.16. The van der Waals surface area contributed by atoms with Gasteiger partial charge in [-0.15, -0.1) is 78.4 Å². The maximum atomic E-state index is 13.7. The van der Waals surface area contributed by atoms with Gasteiger partial charge in [-0.1, -0.05) is 44.9 Å². The molecule has 1 atom stereocenters. The van der Waals surface area contributed by atoms with Gasteiger partial charge in [0.1, 0.15) is 0 Å². The van der Waals surface area contributed by atoms with Crippen LogP contribution in [0.4, 0.5) is 8.78 Å². The molecule has 0 aromatic heterocycles. The van der Waals surface area contributed by atoms with Gasteiger partial charge in [0.15, 0.2) is 11.6 Å². The molecule has 2 radical (unpaired) electrons. The Kier molecular flexibility index (Phi) is 18.5. The van der Waals surface area contributed by atoms with Gasteiger partial charge >= 0.3 is 30.2 Å². The normalized spacial score (nSPS) is 13.5. The van der Waals surface area contributed by atoms with Crippen molar-refractivity contribution in [1.29, 1.82) is 0 Å². The molecule has 6 heteroatoms. The van der Waals surface area contributed by atoms with E-state index in [4.69, 9.17) is 0 Å². The predicted octanol–water partition coefficient (Wildman–Crippen LogP) is 8.59. The molecule has 0 N–H and O–H groups in total. The fourth-order valence-corrected chi connectivity index (χ4v) is 3.26. The molecule has 174 valence electrons. The van der Waals surface area contributed by atoms with E-state index in [1.807, 2.05) is 36.4 Å². The van der Waals surface area contributed by atoms with E-state index >= 15 is 0 Å². The molecular weight excluding hydrogens is 540 g/mol. The molecule has 3 aromatic carbocycles. The quantitative estimate of drug-likeness (QED) is 0.203. The number of fused-ring (bicyclic) bond motifs is 1. The number of benzene rings is 2. The SMILES string of the molecule is CC1=[C-]C(C)C(C)=C1C.Cl.Cl.Fc1cccc(-c2c[cH-]c3ccccc23)c1F.[CH3-].[CH3-].[Si]=[Zr]. The second kappa shape index (κ2) is 16.6. The Bertz CT molecular complexity index is 1040. The van der Waals surface area contributed by atoms with Crippen molar-refractivity contribution in [2.24, 2.45) is 5.92 Å². The predicted molar refractivity (Wildman–Crippen MR) is 138 cm³/mol. The van der Waals surface area contributed by atoms with Crippen LogP contribution >= 0.6 is 24.8 Å². The zero-order valence-corrected chi connectivity index (χ0v) is 24.4. The van der Waals surface area contributed by atoms with E-state index in [9.17, 15) is 8.78 Å². The van der Waals surface area contributed by atoms with Crippen molar-refractivity contribution in [2.75, 3.05) is 0 Å². The van der Waals surface area contributed by atoms with Gasteiger partial charge in [0.05, 0.1) is 0 Å². The second-order valence-corrected chi connectivity index (χ2v) is 6.73. The average Bonchev–Trinajstić information content (AvgIpc) is 3.23. The minimum atomic E-state index is -0.812. The Morgan fingerprint density at radius 2 is 1.50 bits per heavy atom.